The van der Waals surface area contributed by atoms with Gasteiger partial charge in [0.25, 0.3) is 0 Å². The summed E-state index contributed by atoms with van der Waals surface area (Å²) < 4.78 is 43.3. The summed E-state index contributed by atoms with van der Waals surface area (Å²) in [5.41, 5.74) is 13.4. The van der Waals surface area contributed by atoms with Gasteiger partial charge in [-0.05, 0) is 109 Å². The monoisotopic (exact) mass is 1210 g/mol. The van der Waals surface area contributed by atoms with Crippen LogP contribution in [0.2, 0.25) is 10.0 Å². The average molecular weight is 1210 g/mol. The van der Waals surface area contributed by atoms with E-state index in [-0.39, 0.29) is 80.1 Å². The van der Waals surface area contributed by atoms with Crippen molar-refractivity contribution in [1.82, 2.24) is 19.8 Å². The van der Waals surface area contributed by atoms with Crippen molar-refractivity contribution in [2.75, 3.05) is 48.0 Å². The Morgan fingerprint density at radius 2 is 0.988 bits per heavy atom. The van der Waals surface area contributed by atoms with Crippen LogP contribution >= 0.6 is 23.2 Å². The maximum Gasteiger partial charge on any atom is 0.248 e. The number of nitrogens with one attached hydrogen (secondary N) is 2. The number of primary amides is 2. The van der Waals surface area contributed by atoms with Crippen molar-refractivity contribution < 1.29 is 47.0 Å². The molecule has 6 N–H and O–H groups in total. The zero-order chi connectivity index (χ0) is 62.0. The number of ether oxygens (including phenoxy) is 2. The molecule has 4 aromatic carbocycles. The zero-order valence-corrected chi connectivity index (χ0v) is 50.7. The summed E-state index contributed by atoms with van der Waals surface area (Å²) in [6.45, 7) is 16.3. The molecule has 86 heavy (non-hydrogen) atoms. The maximum atomic E-state index is 16.1. The van der Waals surface area contributed by atoms with Crippen molar-refractivity contribution in [2.24, 2.45) is 22.3 Å². The van der Waals surface area contributed by atoms with E-state index in [0.717, 1.165) is 11.4 Å². The Balaban J connectivity index is 0.000000179. The second-order valence-corrected chi connectivity index (χ2v) is 26.2. The Morgan fingerprint density at radius 3 is 1.33 bits per heavy atom. The van der Waals surface area contributed by atoms with Crippen LogP contribution in [-0.2, 0) is 30.0 Å². The van der Waals surface area contributed by atoms with Crippen LogP contribution in [0.15, 0.2) is 97.3 Å². The number of carbonyl (C=O) groups is 6. The van der Waals surface area contributed by atoms with Crippen LogP contribution in [0, 0.1) is 36.3 Å². The molecule has 6 amide bonds. The van der Waals surface area contributed by atoms with E-state index in [1.54, 1.807) is 58.6 Å². The number of aromatic nitrogens is 2. The summed E-state index contributed by atoms with van der Waals surface area (Å²) in [7, 11) is 2.89. The van der Waals surface area contributed by atoms with Crippen LogP contribution < -0.4 is 41.4 Å². The molecule has 6 aromatic rings. The number of hydrogen-bond donors (Lipinski definition) is 4. The number of benzene rings is 4. The van der Waals surface area contributed by atoms with Gasteiger partial charge in [-0.2, -0.15) is 0 Å². The number of anilines is 4. The molecule has 0 bridgehead atoms. The van der Waals surface area contributed by atoms with Gasteiger partial charge in [0.2, 0.25) is 35.4 Å². The minimum atomic E-state index is -1.33. The number of rotatable bonds is 10. The van der Waals surface area contributed by atoms with Crippen molar-refractivity contribution in [3.05, 3.63) is 164 Å². The van der Waals surface area contributed by atoms with E-state index >= 15 is 8.78 Å². The Kier molecular flexibility index (Phi) is 14.9. The number of nitrogens with two attached hydrogens (primary N) is 2. The van der Waals surface area contributed by atoms with Gasteiger partial charge in [-0.1, -0.05) is 89.0 Å². The fraction of sp³-hybridized carbons (Fsp3) is 0.375. The normalized spacial score (nSPS) is 24.8. The first kappa shape index (κ1) is 59.7. The molecular weight excluding hydrogens is 1150 g/mol. The van der Waals surface area contributed by atoms with Crippen molar-refractivity contribution in [1.29, 1.82) is 0 Å². The molecule has 8 heterocycles. The highest BCUT2D eigenvalue weighted by atomic mass is 35.5. The van der Waals surface area contributed by atoms with Gasteiger partial charge in [0.1, 0.15) is 34.0 Å². The topological polar surface area (TPSA) is 236 Å². The molecule has 12 rings (SSSR count). The van der Waals surface area contributed by atoms with Crippen LogP contribution in [0.25, 0.3) is 0 Å². The number of halogens is 4. The Labute approximate surface area is 506 Å². The van der Waals surface area contributed by atoms with E-state index in [1.807, 2.05) is 35.8 Å². The van der Waals surface area contributed by atoms with Gasteiger partial charge in [0.05, 0.1) is 61.1 Å². The van der Waals surface area contributed by atoms with E-state index in [4.69, 9.17) is 44.1 Å². The van der Waals surface area contributed by atoms with E-state index in [2.05, 4.69) is 62.1 Å². The van der Waals surface area contributed by atoms with Gasteiger partial charge < -0.3 is 31.6 Å². The number of carbonyl (C=O) groups excluding carboxylic acids is 6. The summed E-state index contributed by atoms with van der Waals surface area (Å²) in [6, 6.07) is 19.4. The van der Waals surface area contributed by atoms with Crippen molar-refractivity contribution in [2.45, 2.75) is 115 Å². The van der Waals surface area contributed by atoms with Gasteiger partial charge in [0, 0.05) is 81.3 Å². The molecule has 2 aromatic heterocycles. The lowest BCUT2D eigenvalue weighted by atomic mass is 9.62. The number of amides is 6. The Morgan fingerprint density at radius 1 is 0.616 bits per heavy atom. The van der Waals surface area contributed by atoms with Crippen LogP contribution in [0.4, 0.5) is 31.5 Å². The lowest BCUT2D eigenvalue weighted by molar-refractivity contribution is -0.124. The number of pyridine rings is 2. The first-order valence-corrected chi connectivity index (χ1v) is 28.9. The standard InChI is InChI=1S/2C32H33ClFN5O4/c2*1-16-11-21-19(14-36-16)32(30(42)37-21)24(13-31(2,3)4)39-15-38(22-10-9-17(28(35)40)12-23(22)43-5)29(41)27(39)25(32)18-7-6-8-20(33)26(18)34/h2*6-12,14,24-25,27H,13,15H2,1-5H3,(H2,35,40)(H,37,42)/t24-,25-,27+,32+;24-,25-,27+,32-/m00/s1. The number of hydrogen-bond acceptors (Lipinski definition) is 12. The predicted molar refractivity (Wildman–Crippen MR) is 322 cm³/mol. The van der Waals surface area contributed by atoms with Crippen LogP contribution in [0.3, 0.4) is 0 Å². The third kappa shape index (κ3) is 9.32. The van der Waals surface area contributed by atoms with Gasteiger partial charge in [-0.25, -0.2) is 8.78 Å². The van der Waals surface area contributed by atoms with Crippen molar-refractivity contribution in [3.63, 3.8) is 0 Å². The third-order valence-electron chi connectivity index (χ3n) is 17.8. The second kappa shape index (κ2) is 21.4. The predicted octanol–water partition coefficient (Wildman–Crippen LogP) is 9.51. The molecule has 8 atom stereocenters. The smallest absolute Gasteiger partial charge is 0.248 e. The quantitative estimate of drug-likeness (QED) is 0.100. The van der Waals surface area contributed by atoms with E-state index in [9.17, 15) is 28.8 Å². The minimum Gasteiger partial charge on any atom is -0.495 e. The highest BCUT2D eigenvalue weighted by molar-refractivity contribution is 6.31. The number of methoxy groups -OCH3 is 2. The molecule has 18 nitrogen and oxygen atoms in total. The van der Waals surface area contributed by atoms with Crippen molar-refractivity contribution in [3.8, 4) is 11.5 Å². The third-order valence-corrected chi connectivity index (χ3v) is 18.4. The molecule has 0 aliphatic carbocycles. The SMILES string of the molecule is COc1cc(C(N)=O)ccc1N1CN2[C@@H](CC(C)(C)C)[C@@]3(C(=O)Nc4cc(C)ncc43)[C@@H](c3cccc(Cl)c3F)[C@@H]2C1=O.COc1cc(C(N)=O)ccc1N1CN2[C@@H](CC(C)(C)C)[C@]3(C(=O)Nc4cc(C)ncc43)[C@@H](c3cccc(Cl)c3F)[C@@H]2C1=O. The number of aryl methyl sites for hydroxylation is 2. The first-order chi connectivity index (χ1) is 40.6. The summed E-state index contributed by atoms with van der Waals surface area (Å²) >= 11 is 12.6. The summed E-state index contributed by atoms with van der Waals surface area (Å²) in [5.74, 6) is -5.12. The van der Waals surface area contributed by atoms with Gasteiger partial charge in [-0.3, -0.25) is 58.3 Å². The molecular formula is C64H66Cl2F2N10O8. The van der Waals surface area contributed by atoms with Crippen LogP contribution in [-0.4, -0.2) is 107 Å². The lowest BCUT2D eigenvalue weighted by Gasteiger charge is -2.40. The Bertz CT molecular complexity index is 3630. The summed E-state index contributed by atoms with van der Waals surface area (Å²) in [4.78, 5) is 98.0. The fourth-order valence-corrected chi connectivity index (χ4v) is 14.8. The molecule has 2 spiro atoms. The molecule has 0 radical (unpaired) electrons. The molecule has 4 saturated heterocycles. The van der Waals surface area contributed by atoms with Gasteiger partial charge >= 0.3 is 0 Å². The van der Waals surface area contributed by atoms with Gasteiger partial charge in [-0.15, -0.1) is 0 Å². The van der Waals surface area contributed by atoms with E-state index in [0.29, 0.717) is 58.2 Å². The van der Waals surface area contributed by atoms with Crippen LogP contribution in [0.1, 0.15) is 121 Å². The van der Waals surface area contributed by atoms with Gasteiger partial charge in [0.15, 0.2) is 0 Å². The second-order valence-electron chi connectivity index (χ2n) is 25.4. The zero-order valence-electron chi connectivity index (χ0n) is 49.1. The fourth-order valence-electron chi connectivity index (χ4n) is 14.5. The number of nitrogens with zero attached hydrogens (tertiary/aromatic N) is 6. The minimum absolute atomic E-state index is 0.0925. The van der Waals surface area contributed by atoms with E-state index < -0.39 is 70.3 Å². The Hall–Kier alpha value is -8.04. The summed E-state index contributed by atoms with van der Waals surface area (Å²) in [6.07, 6.45) is 4.40. The molecule has 22 heteroatoms. The molecule has 4 fully saturated rings. The number of fused-ring (bicyclic) bond motifs is 6. The molecule has 448 valence electrons. The average Bonchev–Trinajstić information content (AvgIpc) is 1.54. The molecule has 0 saturated carbocycles. The van der Waals surface area contributed by atoms with Crippen LogP contribution in [0.5, 0.6) is 11.5 Å². The molecule has 6 aliphatic rings. The highest BCUT2D eigenvalue weighted by Crippen LogP contribution is 2.64. The van der Waals surface area contributed by atoms with E-state index in [1.165, 1.54) is 50.6 Å². The molecule has 0 unspecified atom stereocenters. The first-order valence-electron chi connectivity index (χ1n) is 28.1. The largest absolute Gasteiger partial charge is 0.495 e. The summed E-state index contributed by atoms with van der Waals surface area (Å²) in [5, 5.41) is 5.92. The lowest BCUT2D eigenvalue weighted by Crippen LogP contribution is -2.52. The highest BCUT2D eigenvalue weighted by Gasteiger charge is 2.73. The maximum absolute atomic E-state index is 16.1. The molecule has 6 aliphatic heterocycles. The van der Waals surface area contributed by atoms with Crippen molar-refractivity contribution >= 4 is 81.4 Å².